The molecule has 0 radical (unpaired) electrons. The molecule has 1 unspecified atom stereocenters. The van der Waals surface area contributed by atoms with Crippen molar-refractivity contribution < 1.29 is 4.79 Å². The van der Waals surface area contributed by atoms with Gasteiger partial charge in [-0.25, -0.2) is 0 Å². The molecule has 3 heteroatoms. The van der Waals surface area contributed by atoms with E-state index >= 15 is 0 Å². The van der Waals surface area contributed by atoms with Gasteiger partial charge in [-0.3, -0.25) is 4.79 Å². The molecule has 1 aliphatic rings. The number of benzene rings is 1. The van der Waals surface area contributed by atoms with Crippen LogP contribution in [0, 0.1) is 11.3 Å². The van der Waals surface area contributed by atoms with Crippen molar-refractivity contribution in [3.63, 3.8) is 0 Å². The molecule has 1 aromatic carbocycles. The molecular weight excluding hydrogens is 248 g/mol. The summed E-state index contributed by atoms with van der Waals surface area (Å²) in [4.78, 5) is 14.4. The third kappa shape index (κ3) is 3.60. The molecule has 1 fully saturated rings. The number of likely N-dealkylation sites (tertiary alicyclic amines) is 1. The zero-order chi connectivity index (χ0) is 14.8. The minimum Gasteiger partial charge on any atom is -0.341 e. The maximum absolute atomic E-state index is 12.4. The predicted octanol–water partition coefficient (Wildman–Crippen LogP) is 2.45. The molecule has 110 valence electrons. The van der Waals surface area contributed by atoms with Gasteiger partial charge in [0.15, 0.2) is 0 Å². The third-order valence-corrected chi connectivity index (χ3v) is 4.34. The van der Waals surface area contributed by atoms with E-state index < -0.39 is 6.04 Å². The molecule has 20 heavy (non-hydrogen) atoms. The Labute approximate surface area is 122 Å². The van der Waals surface area contributed by atoms with Gasteiger partial charge in [-0.05, 0) is 29.7 Å². The SMILES string of the molecule is CC(C)(C)C1CCN(C(=O)[C@@H](N)Cc2ccccc2)C1. The van der Waals surface area contributed by atoms with Crippen LogP contribution in [0.4, 0.5) is 0 Å². The van der Waals surface area contributed by atoms with Gasteiger partial charge in [-0.2, -0.15) is 0 Å². The molecule has 1 heterocycles. The number of hydrogen-bond donors (Lipinski definition) is 1. The maximum atomic E-state index is 12.4. The molecule has 0 bridgehead atoms. The normalized spacial score (nSPS) is 21.0. The monoisotopic (exact) mass is 274 g/mol. The number of rotatable bonds is 3. The average molecular weight is 274 g/mol. The molecule has 0 spiro atoms. The Morgan fingerprint density at radius 2 is 2.00 bits per heavy atom. The lowest BCUT2D eigenvalue weighted by Crippen LogP contribution is -2.44. The quantitative estimate of drug-likeness (QED) is 0.920. The Hall–Kier alpha value is -1.35. The number of carbonyl (C=O) groups excluding carboxylic acids is 1. The minimum absolute atomic E-state index is 0.0978. The molecule has 0 aromatic heterocycles. The molecule has 2 N–H and O–H groups in total. The Bertz CT molecular complexity index is 450. The van der Waals surface area contributed by atoms with Crippen LogP contribution < -0.4 is 5.73 Å². The molecular formula is C17H26N2O. The summed E-state index contributed by atoms with van der Waals surface area (Å²) in [6.45, 7) is 8.44. The third-order valence-electron chi connectivity index (χ3n) is 4.34. The van der Waals surface area contributed by atoms with E-state index in [-0.39, 0.29) is 11.3 Å². The second kappa shape index (κ2) is 5.96. The van der Waals surface area contributed by atoms with Crippen LogP contribution in [0.25, 0.3) is 0 Å². The standard InChI is InChI=1S/C17H26N2O/c1-17(2,3)14-9-10-19(12-14)16(20)15(18)11-13-7-5-4-6-8-13/h4-8,14-15H,9-12,18H2,1-3H3/t14?,15-/m0/s1. The van der Waals surface area contributed by atoms with E-state index in [0.717, 1.165) is 25.1 Å². The summed E-state index contributed by atoms with van der Waals surface area (Å²) in [5.74, 6) is 0.677. The number of nitrogens with zero attached hydrogens (tertiary/aromatic N) is 1. The van der Waals surface area contributed by atoms with E-state index in [9.17, 15) is 4.79 Å². The Kier molecular flexibility index (Phi) is 4.48. The highest BCUT2D eigenvalue weighted by molar-refractivity contribution is 5.82. The van der Waals surface area contributed by atoms with E-state index in [0.29, 0.717) is 12.3 Å². The van der Waals surface area contributed by atoms with Crippen LogP contribution in [0.5, 0.6) is 0 Å². The molecule has 0 aliphatic carbocycles. The summed E-state index contributed by atoms with van der Waals surface area (Å²) in [5.41, 5.74) is 7.48. The van der Waals surface area contributed by atoms with Crippen molar-refractivity contribution in [1.82, 2.24) is 4.90 Å². The van der Waals surface area contributed by atoms with Crippen molar-refractivity contribution >= 4 is 5.91 Å². The lowest BCUT2D eigenvalue weighted by molar-refractivity contribution is -0.131. The van der Waals surface area contributed by atoms with Crippen LogP contribution in [-0.2, 0) is 11.2 Å². The van der Waals surface area contributed by atoms with Gasteiger partial charge in [-0.1, -0.05) is 51.1 Å². The maximum Gasteiger partial charge on any atom is 0.239 e. The highest BCUT2D eigenvalue weighted by Crippen LogP contribution is 2.33. The van der Waals surface area contributed by atoms with E-state index in [1.807, 2.05) is 35.2 Å². The zero-order valence-corrected chi connectivity index (χ0v) is 12.8. The molecule has 2 rings (SSSR count). The van der Waals surface area contributed by atoms with Crippen LogP contribution in [0.15, 0.2) is 30.3 Å². The van der Waals surface area contributed by atoms with Crippen molar-refractivity contribution in [2.45, 2.75) is 39.7 Å². The second-order valence-corrected chi connectivity index (χ2v) is 6.93. The smallest absolute Gasteiger partial charge is 0.239 e. The van der Waals surface area contributed by atoms with Gasteiger partial charge in [0, 0.05) is 13.1 Å². The molecule has 3 nitrogen and oxygen atoms in total. The van der Waals surface area contributed by atoms with Crippen LogP contribution in [0.3, 0.4) is 0 Å². The van der Waals surface area contributed by atoms with Crippen LogP contribution in [0.2, 0.25) is 0 Å². The number of amides is 1. The van der Waals surface area contributed by atoms with Gasteiger partial charge in [0.2, 0.25) is 5.91 Å². The van der Waals surface area contributed by atoms with Crippen molar-refractivity contribution in [3.05, 3.63) is 35.9 Å². The summed E-state index contributed by atoms with van der Waals surface area (Å²) >= 11 is 0. The zero-order valence-electron chi connectivity index (χ0n) is 12.8. The Morgan fingerprint density at radius 3 is 2.55 bits per heavy atom. The molecule has 1 aliphatic heterocycles. The summed E-state index contributed by atoms with van der Waals surface area (Å²) in [5, 5.41) is 0. The van der Waals surface area contributed by atoms with Gasteiger partial charge in [-0.15, -0.1) is 0 Å². The molecule has 1 amide bonds. The van der Waals surface area contributed by atoms with E-state index in [1.54, 1.807) is 0 Å². The van der Waals surface area contributed by atoms with E-state index in [2.05, 4.69) is 20.8 Å². The Balaban J connectivity index is 1.92. The van der Waals surface area contributed by atoms with Crippen molar-refractivity contribution in [2.75, 3.05) is 13.1 Å². The molecule has 2 atom stereocenters. The molecule has 1 saturated heterocycles. The number of nitrogens with two attached hydrogens (primary N) is 1. The first kappa shape index (κ1) is 15.0. The number of carbonyl (C=O) groups is 1. The van der Waals surface area contributed by atoms with Gasteiger partial charge < -0.3 is 10.6 Å². The van der Waals surface area contributed by atoms with Crippen LogP contribution in [0.1, 0.15) is 32.8 Å². The first-order valence-electron chi connectivity index (χ1n) is 7.46. The Morgan fingerprint density at radius 1 is 1.35 bits per heavy atom. The van der Waals surface area contributed by atoms with Crippen LogP contribution >= 0.6 is 0 Å². The number of hydrogen-bond acceptors (Lipinski definition) is 2. The summed E-state index contributed by atoms with van der Waals surface area (Å²) < 4.78 is 0. The lowest BCUT2D eigenvalue weighted by atomic mass is 9.80. The summed E-state index contributed by atoms with van der Waals surface area (Å²) in [6, 6.07) is 9.57. The first-order valence-corrected chi connectivity index (χ1v) is 7.46. The first-order chi connectivity index (χ1) is 9.38. The molecule has 0 saturated carbocycles. The summed E-state index contributed by atoms with van der Waals surface area (Å²) in [6.07, 6.45) is 1.71. The largest absolute Gasteiger partial charge is 0.341 e. The fourth-order valence-electron chi connectivity index (χ4n) is 2.86. The van der Waals surface area contributed by atoms with Crippen molar-refractivity contribution in [2.24, 2.45) is 17.1 Å². The molecule has 1 aromatic rings. The fourth-order valence-corrected chi connectivity index (χ4v) is 2.86. The van der Waals surface area contributed by atoms with Crippen molar-refractivity contribution in [1.29, 1.82) is 0 Å². The van der Waals surface area contributed by atoms with Gasteiger partial charge in [0.1, 0.15) is 0 Å². The van der Waals surface area contributed by atoms with Crippen LogP contribution in [-0.4, -0.2) is 29.9 Å². The van der Waals surface area contributed by atoms with E-state index in [4.69, 9.17) is 5.73 Å². The van der Waals surface area contributed by atoms with Gasteiger partial charge in [0.05, 0.1) is 6.04 Å². The highest BCUT2D eigenvalue weighted by atomic mass is 16.2. The lowest BCUT2D eigenvalue weighted by Gasteiger charge is -2.27. The van der Waals surface area contributed by atoms with Gasteiger partial charge in [0.25, 0.3) is 0 Å². The van der Waals surface area contributed by atoms with E-state index in [1.165, 1.54) is 0 Å². The van der Waals surface area contributed by atoms with Gasteiger partial charge >= 0.3 is 0 Å². The second-order valence-electron chi connectivity index (χ2n) is 6.93. The average Bonchev–Trinajstić information content (AvgIpc) is 2.88. The van der Waals surface area contributed by atoms with Crippen molar-refractivity contribution in [3.8, 4) is 0 Å². The predicted molar refractivity (Wildman–Crippen MR) is 82.3 cm³/mol. The fraction of sp³-hybridized carbons (Fsp3) is 0.588. The topological polar surface area (TPSA) is 46.3 Å². The highest BCUT2D eigenvalue weighted by Gasteiger charge is 2.35. The summed E-state index contributed by atoms with van der Waals surface area (Å²) in [7, 11) is 0. The minimum atomic E-state index is -0.420.